The molecule has 0 aliphatic rings. The molecule has 94 valence electrons. The molecule has 1 N–H and O–H groups in total. The third-order valence-electron chi connectivity index (χ3n) is 2.66. The summed E-state index contributed by atoms with van der Waals surface area (Å²) in [6.45, 7) is 0.387. The van der Waals surface area contributed by atoms with Crippen LogP contribution < -0.4 is 5.32 Å². The minimum atomic E-state index is -0.572. The van der Waals surface area contributed by atoms with Crippen molar-refractivity contribution in [3.8, 4) is 11.1 Å². The SMILES string of the molecule is CNCc1ccc(-c2cc(F)ccc2F)cc1F. The Morgan fingerprint density at radius 1 is 0.944 bits per heavy atom. The van der Waals surface area contributed by atoms with Crippen molar-refractivity contribution >= 4 is 0 Å². The molecule has 0 spiro atoms. The first-order valence-corrected chi connectivity index (χ1v) is 5.50. The van der Waals surface area contributed by atoms with Crippen molar-refractivity contribution < 1.29 is 13.2 Å². The van der Waals surface area contributed by atoms with Crippen LogP contribution in [0.4, 0.5) is 13.2 Å². The zero-order valence-corrected chi connectivity index (χ0v) is 9.81. The van der Waals surface area contributed by atoms with Crippen molar-refractivity contribution in [1.82, 2.24) is 5.32 Å². The molecular formula is C14H12F3N. The molecule has 2 aromatic carbocycles. The second-order valence-corrected chi connectivity index (χ2v) is 3.96. The highest BCUT2D eigenvalue weighted by Gasteiger charge is 2.09. The Bertz CT molecular complexity index is 567. The van der Waals surface area contributed by atoms with Crippen LogP contribution in [0.25, 0.3) is 11.1 Å². The summed E-state index contributed by atoms with van der Waals surface area (Å²) in [5.41, 5.74) is 0.868. The summed E-state index contributed by atoms with van der Waals surface area (Å²) >= 11 is 0. The van der Waals surface area contributed by atoms with Crippen LogP contribution in [0.15, 0.2) is 36.4 Å². The molecule has 0 unspecified atom stereocenters. The maximum absolute atomic E-state index is 13.7. The Morgan fingerprint density at radius 3 is 2.39 bits per heavy atom. The van der Waals surface area contributed by atoms with E-state index >= 15 is 0 Å². The van der Waals surface area contributed by atoms with E-state index in [-0.39, 0.29) is 5.56 Å². The normalized spacial score (nSPS) is 10.7. The number of rotatable bonds is 3. The molecule has 4 heteroatoms. The van der Waals surface area contributed by atoms with E-state index in [1.54, 1.807) is 19.2 Å². The van der Waals surface area contributed by atoms with Gasteiger partial charge in [-0.2, -0.15) is 0 Å². The maximum atomic E-state index is 13.7. The molecule has 0 bridgehead atoms. The molecule has 0 saturated heterocycles. The molecule has 18 heavy (non-hydrogen) atoms. The highest BCUT2D eigenvalue weighted by molar-refractivity contribution is 5.64. The molecule has 0 radical (unpaired) electrons. The average molecular weight is 251 g/mol. The summed E-state index contributed by atoms with van der Waals surface area (Å²) in [4.78, 5) is 0. The van der Waals surface area contributed by atoms with E-state index < -0.39 is 17.5 Å². The number of benzene rings is 2. The summed E-state index contributed by atoms with van der Waals surface area (Å²) in [7, 11) is 1.71. The Labute approximate surface area is 103 Å². The molecule has 0 aliphatic carbocycles. The lowest BCUT2D eigenvalue weighted by Crippen LogP contribution is -2.06. The van der Waals surface area contributed by atoms with Crippen LogP contribution in [0.2, 0.25) is 0 Å². The predicted molar refractivity (Wildman–Crippen MR) is 64.5 cm³/mol. The minimum Gasteiger partial charge on any atom is -0.316 e. The first kappa shape index (κ1) is 12.6. The van der Waals surface area contributed by atoms with Gasteiger partial charge in [-0.15, -0.1) is 0 Å². The van der Waals surface area contributed by atoms with Crippen LogP contribution in [-0.2, 0) is 6.54 Å². The number of nitrogens with one attached hydrogen (secondary N) is 1. The van der Waals surface area contributed by atoms with E-state index in [1.165, 1.54) is 6.07 Å². The van der Waals surface area contributed by atoms with E-state index in [0.29, 0.717) is 17.7 Å². The van der Waals surface area contributed by atoms with E-state index in [2.05, 4.69) is 5.32 Å². The summed E-state index contributed by atoms with van der Waals surface area (Å²) in [6.07, 6.45) is 0. The molecule has 0 aromatic heterocycles. The zero-order chi connectivity index (χ0) is 13.1. The second-order valence-electron chi connectivity index (χ2n) is 3.96. The van der Waals surface area contributed by atoms with Crippen LogP contribution in [0.3, 0.4) is 0 Å². The van der Waals surface area contributed by atoms with Gasteiger partial charge >= 0.3 is 0 Å². The highest BCUT2D eigenvalue weighted by Crippen LogP contribution is 2.25. The van der Waals surface area contributed by atoms with Gasteiger partial charge in [0, 0.05) is 17.7 Å². The van der Waals surface area contributed by atoms with Crippen LogP contribution in [-0.4, -0.2) is 7.05 Å². The molecule has 2 rings (SSSR count). The van der Waals surface area contributed by atoms with E-state index in [0.717, 1.165) is 18.2 Å². The molecule has 0 heterocycles. The van der Waals surface area contributed by atoms with Crippen LogP contribution in [0, 0.1) is 17.5 Å². The van der Waals surface area contributed by atoms with Crippen molar-refractivity contribution in [3.63, 3.8) is 0 Å². The summed E-state index contributed by atoms with van der Waals surface area (Å²) in [5, 5.41) is 2.83. The largest absolute Gasteiger partial charge is 0.316 e. The average Bonchev–Trinajstić information content (AvgIpc) is 2.35. The minimum absolute atomic E-state index is 0.0601. The Morgan fingerprint density at radius 2 is 1.72 bits per heavy atom. The van der Waals surface area contributed by atoms with E-state index in [1.807, 2.05) is 0 Å². The molecule has 1 nitrogen and oxygen atoms in total. The van der Waals surface area contributed by atoms with Gasteiger partial charge in [0.15, 0.2) is 0 Å². The van der Waals surface area contributed by atoms with Crippen molar-refractivity contribution in [2.75, 3.05) is 7.05 Å². The van der Waals surface area contributed by atoms with Crippen LogP contribution >= 0.6 is 0 Å². The third-order valence-corrected chi connectivity index (χ3v) is 2.66. The lowest BCUT2D eigenvalue weighted by molar-refractivity contribution is 0.597. The van der Waals surface area contributed by atoms with Gasteiger partial charge < -0.3 is 5.32 Å². The second kappa shape index (κ2) is 5.23. The van der Waals surface area contributed by atoms with Gasteiger partial charge in [0.2, 0.25) is 0 Å². The molecule has 2 aromatic rings. The molecule has 0 aliphatic heterocycles. The Balaban J connectivity index is 2.45. The van der Waals surface area contributed by atoms with Gasteiger partial charge in [0.1, 0.15) is 17.5 Å². The lowest BCUT2D eigenvalue weighted by Gasteiger charge is -2.07. The number of hydrogen-bond acceptors (Lipinski definition) is 1. The third kappa shape index (κ3) is 2.54. The predicted octanol–water partition coefficient (Wildman–Crippen LogP) is 3.49. The molecule has 0 fully saturated rings. The standard InChI is InChI=1S/C14H12F3N/c1-18-8-10-3-2-9(6-14(10)17)12-7-11(15)4-5-13(12)16/h2-7,18H,8H2,1H3. The number of halogens is 3. The quantitative estimate of drug-likeness (QED) is 0.880. The van der Waals surface area contributed by atoms with Gasteiger partial charge in [-0.3, -0.25) is 0 Å². The first-order chi connectivity index (χ1) is 8.61. The fourth-order valence-electron chi connectivity index (χ4n) is 1.77. The topological polar surface area (TPSA) is 12.0 Å². The van der Waals surface area contributed by atoms with Gasteiger partial charge in [-0.1, -0.05) is 12.1 Å². The Kier molecular flexibility index (Phi) is 3.67. The maximum Gasteiger partial charge on any atom is 0.131 e. The highest BCUT2D eigenvalue weighted by atomic mass is 19.1. The molecular weight excluding hydrogens is 239 g/mol. The fourth-order valence-corrected chi connectivity index (χ4v) is 1.77. The van der Waals surface area contributed by atoms with Crippen molar-refractivity contribution in [2.45, 2.75) is 6.54 Å². The summed E-state index contributed by atoms with van der Waals surface area (Å²) < 4.78 is 40.3. The lowest BCUT2D eigenvalue weighted by atomic mass is 10.0. The van der Waals surface area contributed by atoms with Gasteiger partial charge in [0.05, 0.1) is 0 Å². The summed E-state index contributed by atoms with van der Waals surface area (Å²) in [6, 6.07) is 7.47. The van der Waals surface area contributed by atoms with E-state index in [4.69, 9.17) is 0 Å². The smallest absolute Gasteiger partial charge is 0.131 e. The van der Waals surface area contributed by atoms with Crippen molar-refractivity contribution in [2.24, 2.45) is 0 Å². The van der Waals surface area contributed by atoms with Crippen molar-refractivity contribution in [3.05, 3.63) is 59.4 Å². The first-order valence-electron chi connectivity index (χ1n) is 5.50. The molecule has 0 saturated carbocycles. The van der Waals surface area contributed by atoms with E-state index in [9.17, 15) is 13.2 Å². The van der Waals surface area contributed by atoms with Gasteiger partial charge in [-0.25, -0.2) is 13.2 Å². The fraction of sp³-hybridized carbons (Fsp3) is 0.143. The molecule has 0 atom stereocenters. The van der Waals surface area contributed by atoms with Gasteiger partial charge in [-0.05, 0) is 36.9 Å². The Hall–Kier alpha value is -1.81. The number of hydrogen-bond donors (Lipinski definition) is 1. The monoisotopic (exact) mass is 251 g/mol. The van der Waals surface area contributed by atoms with Crippen LogP contribution in [0.5, 0.6) is 0 Å². The van der Waals surface area contributed by atoms with Gasteiger partial charge in [0.25, 0.3) is 0 Å². The zero-order valence-electron chi connectivity index (χ0n) is 9.81. The van der Waals surface area contributed by atoms with Crippen LogP contribution in [0.1, 0.15) is 5.56 Å². The summed E-state index contributed by atoms with van der Waals surface area (Å²) in [5.74, 6) is -1.56. The van der Waals surface area contributed by atoms with Crippen molar-refractivity contribution in [1.29, 1.82) is 0 Å². The molecule has 0 amide bonds.